The van der Waals surface area contributed by atoms with Crippen molar-refractivity contribution in [3.63, 3.8) is 0 Å². The number of carbonyl (C=O) groups is 4. The van der Waals surface area contributed by atoms with Crippen LogP contribution in [0.3, 0.4) is 0 Å². The van der Waals surface area contributed by atoms with Crippen molar-refractivity contribution in [1.29, 1.82) is 0 Å². The van der Waals surface area contributed by atoms with Crippen LogP contribution in [0.25, 0.3) is 11.3 Å². The van der Waals surface area contributed by atoms with Gasteiger partial charge in [0.1, 0.15) is 5.71 Å². The average molecular weight is 821 g/mol. The van der Waals surface area contributed by atoms with Crippen LogP contribution in [0.4, 0.5) is 45.2 Å². The van der Waals surface area contributed by atoms with Crippen LogP contribution in [-0.4, -0.2) is 97.8 Å². The van der Waals surface area contributed by atoms with Gasteiger partial charge in [-0.25, -0.2) is 27.8 Å². The summed E-state index contributed by atoms with van der Waals surface area (Å²) in [5.41, 5.74) is 10.1. The van der Waals surface area contributed by atoms with Crippen molar-refractivity contribution in [2.75, 3.05) is 11.6 Å². The molecule has 300 valence electrons. The van der Waals surface area contributed by atoms with Gasteiger partial charge in [-0.1, -0.05) is 11.2 Å². The smallest absolute Gasteiger partial charge is 0.475 e. The number of carbonyl (C=O) groups excluding carboxylic acids is 1. The zero-order valence-electron chi connectivity index (χ0n) is 27.4. The Kier molecular flexibility index (Phi) is 15.7. The highest BCUT2D eigenvalue weighted by molar-refractivity contribution is 7.90. The number of nitrogens with zero attached hydrogens (tertiary/aromatic N) is 4. The van der Waals surface area contributed by atoms with E-state index >= 15 is 0 Å². The van der Waals surface area contributed by atoms with E-state index in [1.807, 2.05) is 6.08 Å². The largest absolute Gasteiger partial charge is 0.490 e. The molecule has 0 unspecified atom stereocenters. The first-order chi connectivity index (χ1) is 25.0. The predicted octanol–water partition coefficient (Wildman–Crippen LogP) is 4.67. The Balaban J connectivity index is 0.000000588. The first-order valence-electron chi connectivity index (χ1n) is 13.9. The summed E-state index contributed by atoms with van der Waals surface area (Å²) in [6.07, 6.45) is -7.47. The summed E-state index contributed by atoms with van der Waals surface area (Å²) in [5.74, 6) is -8.64. The summed E-state index contributed by atoms with van der Waals surface area (Å²) in [4.78, 5) is 48.1. The molecule has 0 saturated heterocycles. The van der Waals surface area contributed by atoms with Crippen molar-refractivity contribution >= 4 is 50.6 Å². The highest BCUT2D eigenvalue weighted by Crippen LogP contribution is 2.30. The lowest BCUT2D eigenvalue weighted by molar-refractivity contribution is -0.193. The molecule has 3 aromatic rings. The molecule has 4 rings (SSSR count). The van der Waals surface area contributed by atoms with Crippen molar-refractivity contribution in [2.24, 2.45) is 10.9 Å². The summed E-state index contributed by atoms with van der Waals surface area (Å²) in [7, 11) is -3.50. The van der Waals surface area contributed by atoms with E-state index in [2.05, 4.69) is 20.4 Å². The van der Waals surface area contributed by atoms with Crippen molar-refractivity contribution in [1.82, 2.24) is 14.5 Å². The number of amides is 1. The third-order valence-electron chi connectivity index (χ3n) is 6.12. The van der Waals surface area contributed by atoms with E-state index in [-0.39, 0.29) is 11.1 Å². The highest BCUT2D eigenvalue weighted by atomic mass is 32.2. The fraction of sp³-hybridized carbons (Fsp3) is 0.207. The van der Waals surface area contributed by atoms with E-state index in [1.54, 1.807) is 55.7 Å². The number of aromatic nitrogens is 3. The fourth-order valence-electron chi connectivity index (χ4n) is 3.66. The monoisotopic (exact) mass is 820 g/mol. The van der Waals surface area contributed by atoms with E-state index in [4.69, 9.17) is 40.6 Å². The molecule has 7 N–H and O–H groups in total. The topological polar surface area (TPSA) is 264 Å². The summed E-state index contributed by atoms with van der Waals surface area (Å²) in [5, 5.41) is 36.5. The molecule has 0 bridgehead atoms. The van der Waals surface area contributed by atoms with Gasteiger partial charge in [-0.3, -0.25) is 14.3 Å². The average Bonchev–Trinajstić information content (AvgIpc) is 3.57. The molecule has 26 heteroatoms. The second-order valence-electron chi connectivity index (χ2n) is 10.1. The number of hydrogen-bond acceptors (Lipinski definition) is 11. The SMILES string of the molecule is CC1=C(N)C(=NO)CC=C1c1ncccc1C(=O)Nc1ccc(-n2ccnc2S(C)(=O)=O)cc1.O=C(O)C(F)(F)F.O=C(O)C(F)(F)F.O=C(O)C(F)(F)F. The van der Waals surface area contributed by atoms with E-state index in [0.717, 1.165) is 6.26 Å². The van der Waals surface area contributed by atoms with Crippen LogP contribution in [-0.2, 0) is 24.2 Å². The van der Waals surface area contributed by atoms with Crippen LogP contribution in [0.15, 0.2) is 82.6 Å². The van der Waals surface area contributed by atoms with Crippen LogP contribution in [0, 0.1) is 0 Å². The van der Waals surface area contributed by atoms with Crippen LogP contribution in [0.2, 0.25) is 0 Å². The number of pyridine rings is 1. The zero-order valence-corrected chi connectivity index (χ0v) is 28.2. The molecule has 2 heterocycles. The van der Waals surface area contributed by atoms with Gasteiger partial charge in [-0.2, -0.15) is 39.5 Å². The quantitative estimate of drug-likeness (QED) is 0.116. The van der Waals surface area contributed by atoms with Gasteiger partial charge in [0.15, 0.2) is 0 Å². The van der Waals surface area contributed by atoms with Crippen LogP contribution in [0.5, 0.6) is 0 Å². The second-order valence-corrected chi connectivity index (χ2v) is 12.0. The molecule has 1 amide bonds. The van der Waals surface area contributed by atoms with E-state index in [1.165, 1.54) is 10.8 Å². The third kappa shape index (κ3) is 14.1. The van der Waals surface area contributed by atoms with Gasteiger partial charge >= 0.3 is 36.4 Å². The number of sulfone groups is 1. The highest BCUT2D eigenvalue weighted by Gasteiger charge is 2.39. The molecule has 1 aromatic carbocycles. The fourth-order valence-corrected chi connectivity index (χ4v) is 4.44. The summed E-state index contributed by atoms with van der Waals surface area (Å²) < 4.78 is 121. The van der Waals surface area contributed by atoms with Gasteiger partial charge in [-0.05, 0) is 48.9 Å². The molecule has 1 aliphatic carbocycles. The molecule has 0 saturated carbocycles. The van der Waals surface area contributed by atoms with Gasteiger partial charge in [0.25, 0.3) is 5.91 Å². The van der Waals surface area contributed by atoms with Crippen molar-refractivity contribution in [3.8, 4) is 5.69 Å². The van der Waals surface area contributed by atoms with E-state index < -0.39 is 46.3 Å². The number of benzene rings is 1. The molecule has 55 heavy (non-hydrogen) atoms. The number of nitrogens with one attached hydrogen (secondary N) is 1. The molecule has 1 aliphatic rings. The second kappa shape index (κ2) is 18.5. The number of imidazole rings is 1. The molecule has 2 aromatic heterocycles. The molecular formula is C29H25F9N6O10S. The zero-order chi connectivity index (χ0) is 42.7. The third-order valence-corrected chi connectivity index (χ3v) is 7.08. The molecule has 16 nitrogen and oxygen atoms in total. The number of carboxylic acid groups (broad SMARTS) is 3. The molecule has 0 atom stereocenters. The van der Waals surface area contributed by atoms with Crippen molar-refractivity contribution < 1.29 is 87.6 Å². The minimum absolute atomic E-state index is 0.0675. The maximum absolute atomic E-state index is 13.1. The summed E-state index contributed by atoms with van der Waals surface area (Å²) >= 11 is 0. The normalized spacial score (nSPS) is 13.8. The van der Waals surface area contributed by atoms with E-state index in [9.17, 15) is 52.7 Å². The number of rotatable bonds is 5. The number of carboxylic acids is 3. The molecule has 0 fully saturated rings. The van der Waals surface area contributed by atoms with Crippen molar-refractivity contribution in [3.05, 3.63) is 83.6 Å². The minimum Gasteiger partial charge on any atom is -0.475 e. The van der Waals surface area contributed by atoms with Gasteiger partial charge in [-0.15, -0.1) is 0 Å². The van der Waals surface area contributed by atoms with Gasteiger partial charge in [0.05, 0.1) is 17.0 Å². The first-order valence-corrected chi connectivity index (χ1v) is 15.8. The number of anilines is 1. The lowest BCUT2D eigenvalue weighted by Crippen LogP contribution is -2.21. The predicted molar refractivity (Wildman–Crippen MR) is 169 cm³/mol. The van der Waals surface area contributed by atoms with Crippen LogP contribution < -0.4 is 11.1 Å². The Morgan fingerprint density at radius 2 is 1.31 bits per heavy atom. The summed E-state index contributed by atoms with van der Waals surface area (Å²) in [6, 6.07) is 10.0. The van der Waals surface area contributed by atoms with Crippen molar-refractivity contribution in [2.45, 2.75) is 37.0 Å². The van der Waals surface area contributed by atoms with Gasteiger partial charge < -0.3 is 31.6 Å². The molecule has 0 aliphatic heterocycles. The molecular weight excluding hydrogens is 795 g/mol. The van der Waals surface area contributed by atoms with Crippen LogP contribution in [0.1, 0.15) is 29.4 Å². The first kappa shape index (κ1) is 46.6. The number of allylic oxidation sites excluding steroid dienone is 4. The number of aliphatic carboxylic acids is 3. The maximum Gasteiger partial charge on any atom is 0.490 e. The Morgan fingerprint density at radius 1 is 0.836 bits per heavy atom. The Labute approximate surface area is 301 Å². The van der Waals surface area contributed by atoms with Crippen LogP contribution >= 0.6 is 0 Å². The molecule has 0 radical (unpaired) electrons. The minimum atomic E-state index is -5.08. The van der Waals surface area contributed by atoms with Gasteiger partial charge in [0.2, 0.25) is 15.0 Å². The van der Waals surface area contributed by atoms with Gasteiger partial charge in [0, 0.05) is 48.2 Å². The number of hydrogen-bond donors (Lipinski definition) is 6. The number of alkyl halides is 9. The number of halogens is 9. The Bertz CT molecular complexity index is 2030. The standard InChI is InChI=1S/C23H22N6O4S.3C2HF3O2/c1-14-17(9-10-19(28-31)20(14)24)21-18(4-3-11-25-21)22(30)27-15-5-7-16(8-6-15)29-13-12-26-23(29)34(2,32)33;3*3-2(4,5)1(6)7/h3-9,11-13,31H,10,24H2,1-2H3,(H,27,30);3*(H,6,7). The lowest BCUT2D eigenvalue weighted by Gasteiger charge is -2.19. The Morgan fingerprint density at radius 3 is 1.73 bits per heavy atom. The van der Waals surface area contributed by atoms with E-state index in [0.29, 0.717) is 51.6 Å². The summed E-state index contributed by atoms with van der Waals surface area (Å²) in [6.45, 7) is 1.78. The molecule has 0 spiro atoms. The lowest BCUT2D eigenvalue weighted by atomic mass is 9.90. The number of nitrogens with two attached hydrogens (primary N) is 1. The maximum atomic E-state index is 13.1. The number of oxime groups is 1. The Hall–Kier alpha value is -6.47.